The number of nitrogens with one attached hydrogen (secondary N) is 1. The molecule has 1 amide bonds. The fraction of sp³-hybridized carbons (Fsp3) is 0.562. The second kappa shape index (κ2) is 5.97. The highest BCUT2D eigenvalue weighted by Gasteiger charge is 2.45. The number of carbonyl (C=O) groups is 1. The Hall–Kier alpha value is -1.07. The van der Waals surface area contributed by atoms with Crippen LogP contribution in [0.15, 0.2) is 24.3 Å². The summed E-state index contributed by atoms with van der Waals surface area (Å²) in [5.74, 6) is 1.42. The molecule has 2 aliphatic rings. The average Bonchev–Trinajstić information content (AvgIpc) is 3.27. The van der Waals surface area contributed by atoms with E-state index >= 15 is 0 Å². The van der Waals surface area contributed by atoms with E-state index < -0.39 is 5.60 Å². The minimum Gasteiger partial charge on any atom is -0.388 e. The van der Waals surface area contributed by atoms with Crippen LogP contribution in [0.5, 0.6) is 0 Å². The molecule has 5 heteroatoms. The number of thioether (sulfide) groups is 1. The SMILES string of the molecule is O=C(NCC1(O)CCSCC1)C1CC1c1ccccc1F. The van der Waals surface area contributed by atoms with E-state index in [9.17, 15) is 14.3 Å². The average molecular weight is 309 g/mol. The molecule has 1 heterocycles. The third kappa shape index (κ3) is 3.40. The van der Waals surface area contributed by atoms with Crippen LogP contribution in [0.3, 0.4) is 0 Å². The Labute approximate surface area is 128 Å². The van der Waals surface area contributed by atoms with Crippen molar-refractivity contribution in [3.05, 3.63) is 35.6 Å². The van der Waals surface area contributed by atoms with E-state index in [1.54, 1.807) is 18.2 Å². The largest absolute Gasteiger partial charge is 0.388 e. The summed E-state index contributed by atoms with van der Waals surface area (Å²) in [6.45, 7) is 0.312. The number of carbonyl (C=O) groups excluding carboxylic acids is 1. The lowest BCUT2D eigenvalue weighted by molar-refractivity contribution is -0.123. The maximum atomic E-state index is 13.7. The molecule has 1 aromatic rings. The monoisotopic (exact) mass is 309 g/mol. The van der Waals surface area contributed by atoms with Crippen LogP contribution in [-0.2, 0) is 4.79 Å². The van der Waals surface area contributed by atoms with E-state index in [-0.39, 0.29) is 23.6 Å². The minimum absolute atomic E-state index is 0.0113. The Morgan fingerprint density at radius 3 is 2.81 bits per heavy atom. The molecule has 2 fully saturated rings. The van der Waals surface area contributed by atoms with Crippen molar-refractivity contribution in [2.45, 2.75) is 30.8 Å². The van der Waals surface area contributed by atoms with Gasteiger partial charge in [-0.1, -0.05) is 18.2 Å². The zero-order valence-corrected chi connectivity index (χ0v) is 12.7. The van der Waals surface area contributed by atoms with Gasteiger partial charge in [-0.3, -0.25) is 4.79 Å². The fourth-order valence-electron chi connectivity index (χ4n) is 2.92. The third-order valence-corrected chi connectivity index (χ3v) is 5.43. The fourth-order valence-corrected chi connectivity index (χ4v) is 4.17. The predicted octanol–water partition coefficient (Wildman–Crippen LogP) is 2.30. The summed E-state index contributed by atoms with van der Waals surface area (Å²) >= 11 is 1.83. The van der Waals surface area contributed by atoms with Crippen molar-refractivity contribution in [2.75, 3.05) is 18.1 Å². The Kier molecular flexibility index (Phi) is 4.22. The van der Waals surface area contributed by atoms with Crippen LogP contribution in [0.1, 0.15) is 30.7 Å². The van der Waals surface area contributed by atoms with Crippen molar-refractivity contribution in [1.29, 1.82) is 0 Å². The van der Waals surface area contributed by atoms with Crippen LogP contribution in [-0.4, -0.2) is 34.7 Å². The zero-order chi connectivity index (χ0) is 14.9. The lowest BCUT2D eigenvalue weighted by Gasteiger charge is -2.31. The normalized spacial score (nSPS) is 27.1. The lowest BCUT2D eigenvalue weighted by Crippen LogP contribution is -2.45. The summed E-state index contributed by atoms with van der Waals surface area (Å²) in [7, 11) is 0. The van der Waals surface area contributed by atoms with Gasteiger partial charge >= 0.3 is 0 Å². The van der Waals surface area contributed by atoms with Crippen LogP contribution in [0.4, 0.5) is 4.39 Å². The van der Waals surface area contributed by atoms with Crippen LogP contribution in [0, 0.1) is 11.7 Å². The van der Waals surface area contributed by atoms with E-state index in [4.69, 9.17) is 0 Å². The van der Waals surface area contributed by atoms with E-state index in [1.165, 1.54) is 6.07 Å². The lowest BCUT2D eigenvalue weighted by atomic mass is 9.97. The molecular weight excluding hydrogens is 289 g/mol. The smallest absolute Gasteiger partial charge is 0.223 e. The molecule has 2 unspecified atom stereocenters. The zero-order valence-electron chi connectivity index (χ0n) is 11.8. The quantitative estimate of drug-likeness (QED) is 0.897. The van der Waals surface area contributed by atoms with Gasteiger partial charge < -0.3 is 10.4 Å². The first-order chi connectivity index (χ1) is 10.1. The highest BCUT2D eigenvalue weighted by molar-refractivity contribution is 7.99. The van der Waals surface area contributed by atoms with Crippen LogP contribution in [0.25, 0.3) is 0 Å². The third-order valence-electron chi connectivity index (χ3n) is 4.45. The molecule has 3 rings (SSSR count). The van der Waals surface area contributed by atoms with Crippen molar-refractivity contribution >= 4 is 17.7 Å². The van der Waals surface area contributed by atoms with Gasteiger partial charge in [0.15, 0.2) is 0 Å². The molecule has 114 valence electrons. The molecule has 0 radical (unpaired) electrons. The molecule has 1 aliphatic heterocycles. The number of halogens is 1. The van der Waals surface area contributed by atoms with E-state index in [0.29, 0.717) is 18.5 Å². The minimum atomic E-state index is -0.761. The highest BCUT2D eigenvalue weighted by Crippen LogP contribution is 2.48. The Balaban J connectivity index is 1.53. The van der Waals surface area contributed by atoms with Crippen LogP contribution >= 0.6 is 11.8 Å². The molecule has 0 spiro atoms. The number of hydrogen-bond donors (Lipinski definition) is 2. The summed E-state index contributed by atoms with van der Waals surface area (Å²) in [6, 6.07) is 6.64. The van der Waals surface area contributed by atoms with E-state index in [2.05, 4.69) is 5.32 Å². The molecule has 1 saturated carbocycles. The van der Waals surface area contributed by atoms with Gasteiger partial charge in [-0.25, -0.2) is 4.39 Å². The molecule has 1 aromatic carbocycles. The summed E-state index contributed by atoms with van der Waals surface area (Å²) in [6.07, 6.45) is 2.14. The van der Waals surface area contributed by atoms with Crippen molar-refractivity contribution in [3.8, 4) is 0 Å². The van der Waals surface area contributed by atoms with Gasteiger partial charge in [0.1, 0.15) is 5.82 Å². The van der Waals surface area contributed by atoms with Gasteiger partial charge in [-0.15, -0.1) is 0 Å². The van der Waals surface area contributed by atoms with Crippen molar-refractivity contribution < 1.29 is 14.3 Å². The number of rotatable bonds is 4. The second-order valence-corrected chi connectivity index (χ2v) is 7.25. The maximum Gasteiger partial charge on any atom is 0.223 e. The van der Waals surface area contributed by atoms with E-state index in [1.807, 2.05) is 11.8 Å². The van der Waals surface area contributed by atoms with Gasteiger partial charge in [-0.05, 0) is 48.3 Å². The van der Waals surface area contributed by atoms with Crippen molar-refractivity contribution in [2.24, 2.45) is 5.92 Å². The number of benzene rings is 1. The van der Waals surface area contributed by atoms with Gasteiger partial charge in [0.05, 0.1) is 5.60 Å². The molecule has 0 bridgehead atoms. The Morgan fingerprint density at radius 1 is 1.38 bits per heavy atom. The van der Waals surface area contributed by atoms with Crippen molar-refractivity contribution in [3.63, 3.8) is 0 Å². The standard InChI is InChI=1S/C16H20FNO2S/c17-14-4-2-1-3-11(14)12-9-13(12)15(19)18-10-16(20)5-7-21-8-6-16/h1-4,12-13,20H,5-10H2,(H,18,19). The topological polar surface area (TPSA) is 49.3 Å². The summed E-state index contributed by atoms with van der Waals surface area (Å²) in [5.41, 5.74) is -0.131. The van der Waals surface area contributed by atoms with Crippen LogP contribution in [0.2, 0.25) is 0 Å². The highest BCUT2D eigenvalue weighted by atomic mass is 32.2. The molecular formula is C16H20FNO2S. The Morgan fingerprint density at radius 2 is 2.10 bits per heavy atom. The first-order valence-electron chi connectivity index (χ1n) is 7.41. The first kappa shape index (κ1) is 14.9. The molecule has 2 atom stereocenters. The molecule has 3 nitrogen and oxygen atoms in total. The Bertz CT molecular complexity index is 531. The summed E-state index contributed by atoms with van der Waals surface area (Å²) < 4.78 is 13.7. The van der Waals surface area contributed by atoms with Gasteiger partial charge in [0.2, 0.25) is 5.91 Å². The van der Waals surface area contributed by atoms with Crippen molar-refractivity contribution in [1.82, 2.24) is 5.32 Å². The molecule has 21 heavy (non-hydrogen) atoms. The van der Waals surface area contributed by atoms with Gasteiger partial charge in [-0.2, -0.15) is 11.8 Å². The molecule has 1 aliphatic carbocycles. The summed E-state index contributed by atoms with van der Waals surface area (Å²) in [4.78, 5) is 12.1. The number of amides is 1. The van der Waals surface area contributed by atoms with E-state index in [0.717, 1.165) is 24.3 Å². The maximum absolute atomic E-state index is 13.7. The van der Waals surface area contributed by atoms with Gasteiger partial charge in [0, 0.05) is 12.5 Å². The first-order valence-corrected chi connectivity index (χ1v) is 8.57. The second-order valence-electron chi connectivity index (χ2n) is 6.02. The number of hydrogen-bond acceptors (Lipinski definition) is 3. The molecule has 0 aromatic heterocycles. The van der Waals surface area contributed by atoms with Crippen LogP contribution < -0.4 is 5.32 Å². The summed E-state index contributed by atoms with van der Waals surface area (Å²) in [5, 5.41) is 13.2. The van der Waals surface area contributed by atoms with Gasteiger partial charge in [0.25, 0.3) is 0 Å². The molecule has 2 N–H and O–H groups in total. The predicted molar refractivity (Wildman–Crippen MR) is 81.8 cm³/mol. The number of aliphatic hydroxyl groups is 1. The molecule has 1 saturated heterocycles.